The minimum absolute atomic E-state index is 0.0179. The molecule has 2 rings (SSSR count). The summed E-state index contributed by atoms with van der Waals surface area (Å²) in [5, 5.41) is 2.88. The molecular weight excluding hydrogens is 366 g/mol. The van der Waals surface area contributed by atoms with Gasteiger partial charge in [0.1, 0.15) is 11.5 Å². The number of nitrogens with one attached hydrogen (secondary N) is 1. The third kappa shape index (κ3) is 6.49. The molecule has 0 radical (unpaired) electrons. The fourth-order valence-corrected chi connectivity index (χ4v) is 2.85. The molecule has 0 aliphatic carbocycles. The highest BCUT2D eigenvalue weighted by molar-refractivity contribution is 5.78. The molecule has 152 valence electrons. The van der Waals surface area contributed by atoms with Crippen molar-refractivity contribution in [1.82, 2.24) is 10.2 Å². The maximum atomic E-state index is 12.2. The van der Waals surface area contributed by atoms with Crippen molar-refractivity contribution >= 4 is 5.91 Å². The molecule has 5 nitrogen and oxygen atoms in total. The molecule has 2 aromatic rings. The first-order valence-electron chi connectivity index (χ1n) is 9.04. The molecule has 0 aliphatic heterocycles. The average molecular weight is 392 g/mol. The van der Waals surface area contributed by atoms with Crippen LogP contribution in [0.25, 0.3) is 0 Å². The summed E-state index contributed by atoms with van der Waals surface area (Å²) in [5.41, 5.74) is 1.95. The van der Waals surface area contributed by atoms with E-state index in [2.05, 4.69) is 10.1 Å². The first-order chi connectivity index (χ1) is 13.4. The molecule has 0 saturated carbocycles. The normalized spacial score (nSPS) is 12.1. The van der Waals surface area contributed by atoms with Crippen LogP contribution in [0.3, 0.4) is 0 Å². The Morgan fingerprint density at radius 1 is 1.14 bits per heavy atom. The summed E-state index contributed by atoms with van der Waals surface area (Å²) < 4.78 is 34.0. The number of hydrogen-bond donors (Lipinski definition) is 1. The number of alkyl halides is 2. The van der Waals surface area contributed by atoms with Gasteiger partial charge in [-0.3, -0.25) is 9.69 Å². The Labute approximate surface area is 164 Å². The number of carbonyl (C=O) groups excluding carboxylic acids is 1. The van der Waals surface area contributed by atoms with E-state index in [1.165, 1.54) is 12.1 Å². The minimum Gasteiger partial charge on any atom is -0.496 e. The van der Waals surface area contributed by atoms with Crippen LogP contribution in [0.5, 0.6) is 11.5 Å². The fourth-order valence-electron chi connectivity index (χ4n) is 2.85. The SMILES string of the molecule is COc1ccccc1C(C)N(C)CC(=O)NCCc1ccc(OC(F)F)cc1. The molecule has 0 aromatic heterocycles. The third-order valence-corrected chi connectivity index (χ3v) is 4.53. The summed E-state index contributed by atoms with van der Waals surface area (Å²) in [7, 11) is 3.52. The van der Waals surface area contributed by atoms with Crippen molar-refractivity contribution < 1.29 is 23.0 Å². The smallest absolute Gasteiger partial charge is 0.387 e. The first kappa shape index (κ1) is 21.6. The standard InChI is InChI=1S/C21H26F2N2O3/c1-15(18-6-4-5-7-19(18)27-3)25(2)14-20(26)24-13-12-16-8-10-17(11-9-16)28-21(22)23/h4-11,15,21H,12-14H2,1-3H3,(H,24,26). The van der Waals surface area contributed by atoms with E-state index >= 15 is 0 Å². The Morgan fingerprint density at radius 2 is 1.82 bits per heavy atom. The number of halogens is 2. The summed E-state index contributed by atoms with van der Waals surface area (Å²) in [6, 6.07) is 14.2. The van der Waals surface area contributed by atoms with Gasteiger partial charge in [-0.15, -0.1) is 0 Å². The first-order valence-corrected chi connectivity index (χ1v) is 9.04. The molecule has 2 aromatic carbocycles. The van der Waals surface area contributed by atoms with E-state index in [0.29, 0.717) is 13.0 Å². The number of ether oxygens (including phenoxy) is 2. The van der Waals surface area contributed by atoms with E-state index in [9.17, 15) is 13.6 Å². The number of benzene rings is 2. The summed E-state index contributed by atoms with van der Waals surface area (Å²) in [4.78, 5) is 14.2. The summed E-state index contributed by atoms with van der Waals surface area (Å²) in [6.45, 7) is -0.0976. The molecule has 0 fully saturated rings. The van der Waals surface area contributed by atoms with E-state index < -0.39 is 6.61 Å². The fraction of sp³-hybridized carbons (Fsp3) is 0.381. The average Bonchev–Trinajstić information content (AvgIpc) is 2.68. The van der Waals surface area contributed by atoms with E-state index in [1.54, 1.807) is 19.2 Å². The largest absolute Gasteiger partial charge is 0.496 e. The molecule has 0 saturated heterocycles. The zero-order chi connectivity index (χ0) is 20.5. The van der Waals surface area contributed by atoms with E-state index in [1.807, 2.05) is 43.1 Å². The van der Waals surface area contributed by atoms with Gasteiger partial charge < -0.3 is 14.8 Å². The molecule has 1 N–H and O–H groups in total. The molecular formula is C21H26F2N2O3. The maximum absolute atomic E-state index is 12.2. The summed E-state index contributed by atoms with van der Waals surface area (Å²) in [5.74, 6) is 0.832. The summed E-state index contributed by atoms with van der Waals surface area (Å²) in [6.07, 6.45) is 0.604. The van der Waals surface area contributed by atoms with Crippen molar-refractivity contribution in [2.75, 3.05) is 27.2 Å². The number of likely N-dealkylation sites (N-methyl/N-ethyl adjacent to an activating group) is 1. The van der Waals surface area contributed by atoms with Crippen LogP contribution in [-0.4, -0.2) is 44.7 Å². The topological polar surface area (TPSA) is 50.8 Å². The van der Waals surface area contributed by atoms with Gasteiger partial charge in [0.25, 0.3) is 0 Å². The Kier molecular flexibility index (Phi) is 8.19. The Bertz CT molecular complexity index is 754. The van der Waals surface area contributed by atoms with Gasteiger partial charge in [-0.05, 0) is 44.2 Å². The van der Waals surface area contributed by atoms with Gasteiger partial charge >= 0.3 is 6.61 Å². The van der Waals surface area contributed by atoms with Crippen molar-refractivity contribution in [3.63, 3.8) is 0 Å². The highest BCUT2D eigenvalue weighted by Crippen LogP contribution is 2.27. The number of nitrogens with zero attached hydrogens (tertiary/aromatic N) is 1. The Balaban J connectivity index is 1.78. The van der Waals surface area contributed by atoms with Crippen LogP contribution in [0.2, 0.25) is 0 Å². The molecule has 0 heterocycles. The van der Waals surface area contributed by atoms with Gasteiger partial charge in [0.15, 0.2) is 0 Å². The Morgan fingerprint density at radius 3 is 2.46 bits per heavy atom. The molecule has 1 amide bonds. The van der Waals surface area contributed by atoms with Crippen molar-refractivity contribution in [2.24, 2.45) is 0 Å². The highest BCUT2D eigenvalue weighted by atomic mass is 19.3. The number of methoxy groups -OCH3 is 1. The van der Waals surface area contributed by atoms with Gasteiger partial charge in [0, 0.05) is 18.2 Å². The molecule has 7 heteroatoms. The number of rotatable bonds is 10. The van der Waals surface area contributed by atoms with Gasteiger partial charge in [-0.25, -0.2) is 0 Å². The molecule has 0 bridgehead atoms. The van der Waals surface area contributed by atoms with E-state index in [4.69, 9.17) is 4.74 Å². The third-order valence-electron chi connectivity index (χ3n) is 4.53. The van der Waals surface area contributed by atoms with Crippen molar-refractivity contribution in [1.29, 1.82) is 0 Å². The number of para-hydroxylation sites is 1. The van der Waals surface area contributed by atoms with Crippen LogP contribution >= 0.6 is 0 Å². The van der Waals surface area contributed by atoms with Crippen LogP contribution in [0.1, 0.15) is 24.1 Å². The predicted octanol–water partition coefficient (Wildman–Crippen LogP) is 3.65. The van der Waals surface area contributed by atoms with Crippen molar-refractivity contribution in [3.05, 3.63) is 59.7 Å². The van der Waals surface area contributed by atoms with Crippen LogP contribution in [-0.2, 0) is 11.2 Å². The van der Waals surface area contributed by atoms with Gasteiger partial charge in [0.2, 0.25) is 5.91 Å². The lowest BCUT2D eigenvalue weighted by molar-refractivity contribution is -0.122. The van der Waals surface area contributed by atoms with Gasteiger partial charge in [0.05, 0.1) is 13.7 Å². The monoisotopic (exact) mass is 392 g/mol. The lowest BCUT2D eigenvalue weighted by atomic mass is 10.1. The predicted molar refractivity (Wildman–Crippen MR) is 104 cm³/mol. The number of amides is 1. The highest BCUT2D eigenvalue weighted by Gasteiger charge is 2.17. The molecule has 1 atom stereocenters. The van der Waals surface area contributed by atoms with Crippen molar-refractivity contribution in [2.45, 2.75) is 26.0 Å². The van der Waals surface area contributed by atoms with Gasteiger partial charge in [-0.2, -0.15) is 8.78 Å². The van der Waals surface area contributed by atoms with Crippen LogP contribution in [0.15, 0.2) is 48.5 Å². The number of hydrogen-bond acceptors (Lipinski definition) is 4. The molecule has 0 spiro atoms. The number of carbonyl (C=O) groups is 1. The second-order valence-corrected chi connectivity index (χ2v) is 6.46. The lowest BCUT2D eigenvalue weighted by Gasteiger charge is -2.25. The molecule has 0 aliphatic rings. The zero-order valence-electron chi connectivity index (χ0n) is 16.3. The summed E-state index contributed by atoms with van der Waals surface area (Å²) >= 11 is 0. The van der Waals surface area contributed by atoms with E-state index in [-0.39, 0.29) is 24.2 Å². The molecule has 1 unspecified atom stereocenters. The van der Waals surface area contributed by atoms with Crippen LogP contribution < -0.4 is 14.8 Å². The quantitative estimate of drug-likeness (QED) is 0.671. The second kappa shape index (κ2) is 10.6. The minimum atomic E-state index is -2.83. The van der Waals surface area contributed by atoms with E-state index in [0.717, 1.165) is 16.9 Å². The lowest BCUT2D eigenvalue weighted by Crippen LogP contribution is -2.37. The van der Waals surface area contributed by atoms with Crippen molar-refractivity contribution in [3.8, 4) is 11.5 Å². The Hall–Kier alpha value is -2.67. The van der Waals surface area contributed by atoms with Crippen LogP contribution in [0.4, 0.5) is 8.78 Å². The molecule has 28 heavy (non-hydrogen) atoms. The van der Waals surface area contributed by atoms with Gasteiger partial charge in [-0.1, -0.05) is 30.3 Å². The van der Waals surface area contributed by atoms with Crippen LogP contribution in [0, 0.1) is 0 Å². The zero-order valence-corrected chi connectivity index (χ0v) is 16.3. The second-order valence-electron chi connectivity index (χ2n) is 6.46. The maximum Gasteiger partial charge on any atom is 0.387 e.